The lowest BCUT2D eigenvalue weighted by atomic mass is 10.1. The summed E-state index contributed by atoms with van der Waals surface area (Å²) in [5.74, 6) is 6.45. The van der Waals surface area contributed by atoms with Crippen LogP contribution in [0.15, 0.2) is 34.9 Å². The van der Waals surface area contributed by atoms with E-state index in [0.29, 0.717) is 0 Å². The Morgan fingerprint density at radius 1 is 1.27 bits per heavy atom. The van der Waals surface area contributed by atoms with E-state index in [4.69, 9.17) is 10.4 Å². The molecule has 0 amide bonds. The van der Waals surface area contributed by atoms with E-state index in [0.717, 1.165) is 22.7 Å². The number of benzene rings is 1. The molecule has 0 aliphatic carbocycles. The van der Waals surface area contributed by atoms with Crippen LogP contribution >= 0.6 is 0 Å². The molecule has 0 saturated heterocycles. The van der Waals surface area contributed by atoms with E-state index < -0.39 is 0 Å². The SMILES string of the molecule is Cc1onc(-c2ccccc2)c1N(C)N. The normalized spacial score (nSPS) is 10.3. The molecule has 78 valence electrons. The lowest BCUT2D eigenvalue weighted by Crippen LogP contribution is -2.25. The fraction of sp³-hybridized carbons (Fsp3) is 0.182. The number of nitrogens with zero attached hydrogens (tertiary/aromatic N) is 2. The maximum atomic E-state index is 5.73. The molecule has 0 atom stereocenters. The first kappa shape index (κ1) is 9.73. The van der Waals surface area contributed by atoms with Crippen LogP contribution in [0.1, 0.15) is 5.76 Å². The molecule has 15 heavy (non-hydrogen) atoms. The Kier molecular flexibility index (Phi) is 2.43. The Bertz CT molecular complexity index is 448. The van der Waals surface area contributed by atoms with Crippen molar-refractivity contribution in [1.82, 2.24) is 5.16 Å². The van der Waals surface area contributed by atoms with Crippen molar-refractivity contribution in [3.8, 4) is 11.3 Å². The average Bonchev–Trinajstić information content (AvgIpc) is 2.61. The third kappa shape index (κ3) is 1.71. The smallest absolute Gasteiger partial charge is 0.158 e. The molecule has 4 heteroatoms. The zero-order valence-corrected chi connectivity index (χ0v) is 8.77. The number of rotatable bonds is 2. The molecule has 0 aliphatic rings. The predicted octanol–water partition coefficient (Wildman–Crippen LogP) is 1.96. The van der Waals surface area contributed by atoms with Gasteiger partial charge in [0, 0.05) is 12.6 Å². The maximum absolute atomic E-state index is 5.73. The van der Waals surface area contributed by atoms with Gasteiger partial charge in [-0.25, -0.2) is 5.84 Å². The van der Waals surface area contributed by atoms with E-state index in [-0.39, 0.29) is 0 Å². The molecule has 0 bridgehead atoms. The number of aromatic nitrogens is 1. The highest BCUT2D eigenvalue weighted by Gasteiger charge is 2.16. The topological polar surface area (TPSA) is 55.3 Å². The summed E-state index contributed by atoms with van der Waals surface area (Å²) in [6.07, 6.45) is 0. The fourth-order valence-corrected chi connectivity index (χ4v) is 1.57. The number of hydrogen-bond acceptors (Lipinski definition) is 4. The second kappa shape index (κ2) is 3.74. The van der Waals surface area contributed by atoms with Crippen molar-refractivity contribution in [1.29, 1.82) is 0 Å². The van der Waals surface area contributed by atoms with Gasteiger partial charge in [0.1, 0.15) is 11.4 Å². The Hall–Kier alpha value is -1.81. The summed E-state index contributed by atoms with van der Waals surface area (Å²) in [5.41, 5.74) is 2.60. The van der Waals surface area contributed by atoms with E-state index >= 15 is 0 Å². The third-order valence-corrected chi connectivity index (χ3v) is 2.23. The van der Waals surface area contributed by atoms with E-state index in [1.54, 1.807) is 7.05 Å². The molecule has 2 rings (SSSR count). The summed E-state index contributed by atoms with van der Waals surface area (Å²) in [7, 11) is 1.77. The molecule has 1 heterocycles. The minimum atomic E-state index is 0.721. The first-order chi connectivity index (χ1) is 7.20. The van der Waals surface area contributed by atoms with Crippen molar-refractivity contribution in [2.24, 2.45) is 5.84 Å². The zero-order chi connectivity index (χ0) is 10.8. The minimum absolute atomic E-state index is 0.721. The van der Waals surface area contributed by atoms with Gasteiger partial charge in [-0.1, -0.05) is 35.5 Å². The van der Waals surface area contributed by atoms with Crippen LogP contribution in [0.2, 0.25) is 0 Å². The Morgan fingerprint density at radius 3 is 2.53 bits per heavy atom. The van der Waals surface area contributed by atoms with Gasteiger partial charge in [0.2, 0.25) is 0 Å². The van der Waals surface area contributed by atoms with Crippen LogP contribution in [0, 0.1) is 6.92 Å². The van der Waals surface area contributed by atoms with Crippen LogP contribution in [0.3, 0.4) is 0 Å². The van der Waals surface area contributed by atoms with Crippen LogP contribution in [-0.4, -0.2) is 12.2 Å². The van der Waals surface area contributed by atoms with Crippen molar-refractivity contribution in [3.05, 3.63) is 36.1 Å². The molecule has 0 spiro atoms. The van der Waals surface area contributed by atoms with Crippen LogP contribution < -0.4 is 10.9 Å². The largest absolute Gasteiger partial charge is 0.359 e. The Labute approximate surface area is 88.3 Å². The summed E-state index contributed by atoms with van der Waals surface area (Å²) in [6, 6.07) is 9.83. The summed E-state index contributed by atoms with van der Waals surface area (Å²) < 4.78 is 5.14. The van der Waals surface area contributed by atoms with E-state index in [1.165, 1.54) is 5.01 Å². The van der Waals surface area contributed by atoms with E-state index in [1.807, 2.05) is 37.3 Å². The first-order valence-electron chi connectivity index (χ1n) is 4.70. The standard InChI is InChI=1S/C11H13N3O/c1-8-11(14(2)12)10(13-15-8)9-6-4-3-5-7-9/h3-7H,12H2,1-2H3. The van der Waals surface area contributed by atoms with Gasteiger partial charge in [-0.3, -0.25) is 0 Å². The molecule has 1 aromatic carbocycles. The quantitative estimate of drug-likeness (QED) is 0.598. The Morgan fingerprint density at radius 2 is 1.93 bits per heavy atom. The van der Waals surface area contributed by atoms with Gasteiger partial charge in [-0.05, 0) is 6.92 Å². The molecule has 0 saturated carbocycles. The summed E-state index contributed by atoms with van der Waals surface area (Å²) >= 11 is 0. The van der Waals surface area contributed by atoms with Crippen molar-refractivity contribution >= 4 is 5.69 Å². The molecular weight excluding hydrogens is 190 g/mol. The fourth-order valence-electron chi connectivity index (χ4n) is 1.57. The number of aryl methyl sites for hydroxylation is 1. The highest BCUT2D eigenvalue weighted by Crippen LogP contribution is 2.30. The molecule has 4 nitrogen and oxygen atoms in total. The highest BCUT2D eigenvalue weighted by molar-refractivity contribution is 5.75. The summed E-state index contributed by atoms with van der Waals surface area (Å²) in [5, 5.41) is 5.53. The van der Waals surface area contributed by atoms with Crippen LogP contribution in [0.4, 0.5) is 5.69 Å². The first-order valence-corrected chi connectivity index (χ1v) is 4.70. The number of hydrazine groups is 1. The molecule has 0 fully saturated rings. The second-order valence-electron chi connectivity index (χ2n) is 3.41. The predicted molar refractivity (Wildman–Crippen MR) is 59.3 cm³/mol. The van der Waals surface area contributed by atoms with Crippen LogP contribution in [0.25, 0.3) is 11.3 Å². The summed E-state index contributed by atoms with van der Waals surface area (Å²) in [6.45, 7) is 1.85. The van der Waals surface area contributed by atoms with Crippen molar-refractivity contribution in [3.63, 3.8) is 0 Å². The highest BCUT2D eigenvalue weighted by atomic mass is 16.5. The third-order valence-electron chi connectivity index (χ3n) is 2.23. The number of nitrogens with two attached hydrogens (primary N) is 1. The van der Waals surface area contributed by atoms with Gasteiger partial charge in [0.05, 0.1) is 0 Å². The van der Waals surface area contributed by atoms with Gasteiger partial charge in [-0.15, -0.1) is 0 Å². The van der Waals surface area contributed by atoms with E-state index in [9.17, 15) is 0 Å². The van der Waals surface area contributed by atoms with Crippen molar-refractivity contribution in [2.75, 3.05) is 12.1 Å². The summed E-state index contributed by atoms with van der Waals surface area (Å²) in [4.78, 5) is 0. The van der Waals surface area contributed by atoms with Gasteiger partial charge in [-0.2, -0.15) is 0 Å². The molecule has 0 aliphatic heterocycles. The maximum Gasteiger partial charge on any atom is 0.158 e. The molecular formula is C11H13N3O. The van der Waals surface area contributed by atoms with Crippen molar-refractivity contribution in [2.45, 2.75) is 6.92 Å². The molecule has 2 N–H and O–H groups in total. The van der Waals surface area contributed by atoms with Gasteiger partial charge < -0.3 is 9.53 Å². The minimum Gasteiger partial charge on any atom is -0.359 e. The van der Waals surface area contributed by atoms with Gasteiger partial charge in [0.15, 0.2) is 5.76 Å². The van der Waals surface area contributed by atoms with Crippen LogP contribution in [0.5, 0.6) is 0 Å². The van der Waals surface area contributed by atoms with Gasteiger partial charge in [0.25, 0.3) is 0 Å². The second-order valence-corrected chi connectivity index (χ2v) is 3.41. The lowest BCUT2D eigenvalue weighted by molar-refractivity contribution is 0.400. The molecule has 1 aromatic heterocycles. The molecule has 2 aromatic rings. The average molecular weight is 203 g/mol. The van der Waals surface area contributed by atoms with Crippen LogP contribution in [-0.2, 0) is 0 Å². The number of hydrogen-bond donors (Lipinski definition) is 1. The zero-order valence-electron chi connectivity index (χ0n) is 8.77. The molecule has 0 radical (unpaired) electrons. The van der Waals surface area contributed by atoms with E-state index in [2.05, 4.69) is 5.16 Å². The monoisotopic (exact) mass is 203 g/mol. The molecule has 0 unspecified atom stereocenters. The number of anilines is 1. The Balaban J connectivity index is 2.54. The van der Waals surface area contributed by atoms with Crippen molar-refractivity contribution < 1.29 is 4.52 Å². The van der Waals surface area contributed by atoms with Gasteiger partial charge >= 0.3 is 0 Å². The lowest BCUT2D eigenvalue weighted by Gasteiger charge is -2.11.